The molecule has 0 bridgehead atoms. The summed E-state index contributed by atoms with van der Waals surface area (Å²) in [5.41, 5.74) is 0.281. The molecule has 2 fully saturated rings. The van der Waals surface area contributed by atoms with Crippen LogP contribution in [0.5, 0.6) is 0 Å². The van der Waals surface area contributed by atoms with Crippen LogP contribution in [-0.4, -0.2) is 83.8 Å². The second-order valence-electron chi connectivity index (χ2n) is 8.34. The number of morpholine rings is 1. The van der Waals surface area contributed by atoms with Gasteiger partial charge in [-0.05, 0) is 26.2 Å². The number of guanidine groups is 1. The highest BCUT2D eigenvalue weighted by atomic mass is 32.2. The Bertz CT molecular complexity index is 568. The molecule has 158 valence electrons. The summed E-state index contributed by atoms with van der Waals surface area (Å²) in [6.07, 6.45) is 8.28. The molecule has 27 heavy (non-hydrogen) atoms. The van der Waals surface area contributed by atoms with Crippen LogP contribution in [0, 0.1) is 5.41 Å². The van der Waals surface area contributed by atoms with E-state index in [-0.39, 0.29) is 17.2 Å². The smallest absolute Gasteiger partial charge is 0.191 e. The first-order chi connectivity index (χ1) is 12.8. The van der Waals surface area contributed by atoms with Crippen molar-refractivity contribution >= 4 is 15.8 Å². The average molecular weight is 403 g/mol. The van der Waals surface area contributed by atoms with Gasteiger partial charge >= 0.3 is 0 Å². The van der Waals surface area contributed by atoms with E-state index in [1.165, 1.54) is 38.4 Å². The summed E-state index contributed by atoms with van der Waals surface area (Å²) in [4.78, 5) is 6.89. The van der Waals surface area contributed by atoms with Gasteiger partial charge in [0.1, 0.15) is 9.84 Å². The predicted molar refractivity (Wildman–Crippen MR) is 111 cm³/mol. The maximum atomic E-state index is 11.4. The van der Waals surface area contributed by atoms with Crippen LogP contribution in [0.25, 0.3) is 0 Å². The minimum atomic E-state index is -2.93. The van der Waals surface area contributed by atoms with Crippen LogP contribution in [0.3, 0.4) is 0 Å². The first-order valence-corrected chi connectivity index (χ1v) is 12.3. The Labute approximate surface area is 165 Å². The summed E-state index contributed by atoms with van der Waals surface area (Å²) in [5, 5.41) is 6.87. The van der Waals surface area contributed by atoms with Crippen molar-refractivity contribution in [2.45, 2.75) is 51.5 Å². The molecule has 2 aliphatic rings. The third kappa shape index (κ3) is 8.35. The Kier molecular flexibility index (Phi) is 8.82. The van der Waals surface area contributed by atoms with Crippen LogP contribution >= 0.6 is 0 Å². The highest BCUT2D eigenvalue weighted by molar-refractivity contribution is 7.90. The molecule has 0 aromatic heterocycles. The number of rotatable bonds is 8. The number of ether oxygens (including phenoxy) is 1. The van der Waals surface area contributed by atoms with Crippen molar-refractivity contribution in [2.24, 2.45) is 10.4 Å². The third-order valence-corrected chi connectivity index (χ3v) is 6.71. The monoisotopic (exact) mass is 402 g/mol. The number of hydrogen-bond acceptors (Lipinski definition) is 5. The van der Waals surface area contributed by atoms with Crippen LogP contribution in [0.15, 0.2) is 4.99 Å². The molecule has 0 spiro atoms. The minimum Gasteiger partial charge on any atom is -0.379 e. The van der Waals surface area contributed by atoms with Gasteiger partial charge in [-0.1, -0.05) is 19.3 Å². The molecule has 0 aromatic carbocycles. The van der Waals surface area contributed by atoms with Gasteiger partial charge in [-0.3, -0.25) is 9.89 Å². The van der Waals surface area contributed by atoms with Crippen LogP contribution in [0.4, 0.5) is 0 Å². The van der Waals surface area contributed by atoms with E-state index < -0.39 is 9.84 Å². The molecule has 1 saturated heterocycles. The molecule has 0 amide bonds. The summed E-state index contributed by atoms with van der Waals surface area (Å²) in [6.45, 7) is 7.75. The van der Waals surface area contributed by atoms with Crippen LogP contribution < -0.4 is 10.6 Å². The van der Waals surface area contributed by atoms with E-state index in [2.05, 4.69) is 20.5 Å². The van der Waals surface area contributed by atoms with Gasteiger partial charge in [0.15, 0.2) is 5.96 Å². The SMILES string of the molecule is CN=C(NCC1(CN2CCOCC2)CCCCC1)NC(C)CCS(C)(=O)=O. The molecule has 1 saturated carbocycles. The lowest BCUT2D eigenvalue weighted by Gasteiger charge is -2.42. The Morgan fingerprint density at radius 2 is 1.89 bits per heavy atom. The quantitative estimate of drug-likeness (QED) is 0.470. The van der Waals surface area contributed by atoms with E-state index in [1.807, 2.05) is 6.92 Å². The van der Waals surface area contributed by atoms with E-state index in [1.54, 1.807) is 7.05 Å². The molecular formula is C19H38N4O3S. The van der Waals surface area contributed by atoms with Crippen LogP contribution in [0.1, 0.15) is 45.4 Å². The van der Waals surface area contributed by atoms with Gasteiger partial charge < -0.3 is 15.4 Å². The van der Waals surface area contributed by atoms with Crippen molar-refractivity contribution in [2.75, 3.05) is 58.4 Å². The lowest BCUT2D eigenvalue weighted by atomic mass is 9.73. The van der Waals surface area contributed by atoms with Crippen LogP contribution in [-0.2, 0) is 14.6 Å². The number of hydrogen-bond donors (Lipinski definition) is 2. The molecule has 2 N–H and O–H groups in total. The zero-order valence-electron chi connectivity index (χ0n) is 17.3. The fourth-order valence-electron chi connectivity index (χ4n) is 4.09. The highest BCUT2D eigenvalue weighted by Crippen LogP contribution is 2.36. The van der Waals surface area contributed by atoms with Gasteiger partial charge in [0.25, 0.3) is 0 Å². The molecule has 0 radical (unpaired) electrons. The summed E-state index contributed by atoms with van der Waals surface area (Å²) in [7, 11) is -1.16. The normalized spacial score (nSPS) is 23.0. The number of aliphatic imine (C=N–C) groups is 1. The van der Waals surface area contributed by atoms with E-state index in [0.717, 1.165) is 45.4 Å². The number of sulfone groups is 1. The predicted octanol–water partition coefficient (Wildman–Crippen LogP) is 1.26. The lowest BCUT2D eigenvalue weighted by molar-refractivity contribution is 0.00819. The fourth-order valence-corrected chi connectivity index (χ4v) is 4.87. The molecule has 0 aromatic rings. The maximum absolute atomic E-state index is 11.4. The Morgan fingerprint density at radius 1 is 1.22 bits per heavy atom. The molecule has 1 aliphatic carbocycles. The molecular weight excluding hydrogens is 364 g/mol. The van der Waals surface area contributed by atoms with Crippen molar-refractivity contribution in [3.8, 4) is 0 Å². The number of nitrogens with one attached hydrogen (secondary N) is 2. The summed E-state index contributed by atoms with van der Waals surface area (Å²) < 4.78 is 28.2. The lowest BCUT2D eigenvalue weighted by Crippen LogP contribution is -2.52. The van der Waals surface area contributed by atoms with Crippen molar-refractivity contribution in [1.82, 2.24) is 15.5 Å². The first kappa shape index (κ1) is 22.4. The first-order valence-electron chi connectivity index (χ1n) is 10.3. The van der Waals surface area contributed by atoms with E-state index in [4.69, 9.17) is 4.74 Å². The molecule has 7 nitrogen and oxygen atoms in total. The van der Waals surface area contributed by atoms with Crippen molar-refractivity contribution < 1.29 is 13.2 Å². The van der Waals surface area contributed by atoms with Crippen molar-refractivity contribution in [1.29, 1.82) is 0 Å². The highest BCUT2D eigenvalue weighted by Gasteiger charge is 2.34. The van der Waals surface area contributed by atoms with Gasteiger partial charge in [0.05, 0.1) is 19.0 Å². The van der Waals surface area contributed by atoms with E-state index >= 15 is 0 Å². The van der Waals surface area contributed by atoms with Crippen LogP contribution in [0.2, 0.25) is 0 Å². The summed E-state index contributed by atoms with van der Waals surface area (Å²) >= 11 is 0. The Hall–Kier alpha value is -0.860. The molecule has 1 atom stereocenters. The second-order valence-corrected chi connectivity index (χ2v) is 10.6. The van der Waals surface area contributed by atoms with E-state index in [0.29, 0.717) is 6.42 Å². The van der Waals surface area contributed by atoms with Gasteiger partial charge in [-0.25, -0.2) is 8.42 Å². The standard InChI is InChI=1S/C19H38N4O3S/c1-17(7-14-27(3,24)25)22-18(20-2)21-15-19(8-5-4-6-9-19)16-23-10-12-26-13-11-23/h17H,4-16H2,1-3H3,(H2,20,21,22). The van der Waals surface area contributed by atoms with E-state index in [9.17, 15) is 8.42 Å². The van der Waals surface area contributed by atoms with Gasteiger partial charge in [-0.15, -0.1) is 0 Å². The van der Waals surface area contributed by atoms with Gasteiger partial charge in [0, 0.05) is 50.9 Å². The molecule has 1 aliphatic heterocycles. The Balaban J connectivity index is 1.87. The zero-order chi connectivity index (χ0) is 19.8. The topological polar surface area (TPSA) is 83.0 Å². The molecule has 1 unspecified atom stereocenters. The molecule has 2 rings (SSSR count). The third-order valence-electron chi connectivity index (χ3n) is 5.74. The minimum absolute atomic E-state index is 0.0625. The maximum Gasteiger partial charge on any atom is 0.191 e. The average Bonchev–Trinajstić information content (AvgIpc) is 2.64. The second kappa shape index (κ2) is 10.6. The Morgan fingerprint density at radius 3 is 2.48 bits per heavy atom. The fraction of sp³-hybridized carbons (Fsp3) is 0.947. The summed E-state index contributed by atoms with van der Waals surface area (Å²) in [6, 6.07) is 0.0625. The largest absolute Gasteiger partial charge is 0.379 e. The van der Waals surface area contributed by atoms with Gasteiger partial charge in [0.2, 0.25) is 0 Å². The summed E-state index contributed by atoms with van der Waals surface area (Å²) in [5.74, 6) is 0.960. The molecule has 1 heterocycles. The van der Waals surface area contributed by atoms with Gasteiger partial charge in [-0.2, -0.15) is 0 Å². The van der Waals surface area contributed by atoms with Crippen molar-refractivity contribution in [3.05, 3.63) is 0 Å². The number of nitrogens with zero attached hydrogens (tertiary/aromatic N) is 2. The van der Waals surface area contributed by atoms with Crippen molar-refractivity contribution in [3.63, 3.8) is 0 Å². The zero-order valence-corrected chi connectivity index (χ0v) is 18.1. The molecule has 8 heteroatoms.